The Bertz CT molecular complexity index is 956. The van der Waals surface area contributed by atoms with E-state index in [9.17, 15) is 9.59 Å². The minimum absolute atomic E-state index is 0.111. The molecule has 5 heteroatoms. The first-order valence-corrected chi connectivity index (χ1v) is 13.2. The zero-order valence-corrected chi connectivity index (χ0v) is 20.6. The standard InChI is InChI=1S/C30H36O5/c1-2-27(31)33-21-34-30(22-11-5-3-6-12-22,23-13-7-4-8-14-23)28(32)35-26-19-24-15-16-25(20-26)29(24)17-9-10-18-29/h3-8,11-14,24-26H,2,9-10,15-21H2,1H3. The number of hydrogen-bond acceptors (Lipinski definition) is 5. The molecular formula is C30H36O5. The van der Waals surface area contributed by atoms with Gasteiger partial charge in [0, 0.05) is 6.42 Å². The molecule has 3 aliphatic carbocycles. The van der Waals surface area contributed by atoms with Crippen molar-refractivity contribution in [2.45, 2.75) is 76.4 Å². The minimum Gasteiger partial charge on any atom is -0.460 e. The molecule has 3 aliphatic rings. The molecule has 2 unspecified atom stereocenters. The molecule has 3 fully saturated rings. The van der Waals surface area contributed by atoms with E-state index in [-0.39, 0.29) is 25.3 Å². The fourth-order valence-corrected chi connectivity index (χ4v) is 7.19. The summed E-state index contributed by atoms with van der Waals surface area (Å²) in [6.07, 6.45) is 9.87. The molecule has 0 aliphatic heterocycles. The maximum Gasteiger partial charge on any atom is 0.348 e. The number of benzene rings is 2. The summed E-state index contributed by atoms with van der Waals surface area (Å²) in [6.45, 7) is 1.40. The fourth-order valence-electron chi connectivity index (χ4n) is 7.19. The molecular weight excluding hydrogens is 440 g/mol. The maximum atomic E-state index is 14.1. The minimum atomic E-state index is -1.52. The number of carbonyl (C=O) groups excluding carboxylic acids is 2. The molecule has 2 aromatic carbocycles. The van der Waals surface area contributed by atoms with Gasteiger partial charge in [-0.3, -0.25) is 4.79 Å². The van der Waals surface area contributed by atoms with Crippen LogP contribution in [0.4, 0.5) is 0 Å². The highest BCUT2D eigenvalue weighted by atomic mass is 16.7. The average Bonchev–Trinajstić information content (AvgIpc) is 3.44. The largest absolute Gasteiger partial charge is 0.460 e. The Morgan fingerprint density at radius 2 is 1.43 bits per heavy atom. The van der Waals surface area contributed by atoms with Crippen molar-refractivity contribution in [3.8, 4) is 0 Å². The summed E-state index contributed by atoms with van der Waals surface area (Å²) in [5.41, 5.74) is 0.298. The summed E-state index contributed by atoms with van der Waals surface area (Å²) in [5.74, 6) is 0.486. The lowest BCUT2D eigenvalue weighted by atomic mass is 9.63. The lowest BCUT2D eigenvalue weighted by molar-refractivity contribution is -0.196. The molecule has 186 valence electrons. The summed E-state index contributed by atoms with van der Waals surface area (Å²) in [6, 6.07) is 18.8. The molecule has 0 N–H and O–H groups in total. The quantitative estimate of drug-likeness (QED) is 0.338. The zero-order valence-electron chi connectivity index (χ0n) is 20.6. The van der Waals surface area contributed by atoms with Crippen LogP contribution in [-0.4, -0.2) is 24.8 Å². The van der Waals surface area contributed by atoms with Crippen LogP contribution in [0, 0.1) is 17.3 Å². The molecule has 3 saturated carbocycles. The van der Waals surface area contributed by atoms with Crippen LogP contribution in [0.5, 0.6) is 0 Å². The third-order valence-corrected chi connectivity index (χ3v) is 8.82. The Morgan fingerprint density at radius 1 is 0.886 bits per heavy atom. The summed E-state index contributed by atoms with van der Waals surface area (Å²) in [7, 11) is 0. The van der Waals surface area contributed by atoms with Crippen LogP contribution in [-0.2, 0) is 29.4 Å². The highest BCUT2D eigenvalue weighted by Crippen LogP contribution is 2.63. The molecule has 0 saturated heterocycles. The monoisotopic (exact) mass is 476 g/mol. The van der Waals surface area contributed by atoms with Gasteiger partial charge in [0.05, 0.1) is 0 Å². The molecule has 5 nitrogen and oxygen atoms in total. The van der Waals surface area contributed by atoms with Crippen molar-refractivity contribution in [3.63, 3.8) is 0 Å². The van der Waals surface area contributed by atoms with Crippen LogP contribution in [0.2, 0.25) is 0 Å². The molecule has 0 heterocycles. The number of esters is 2. The Labute approximate surface area is 208 Å². The van der Waals surface area contributed by atoms with Crippen molar-refractivity contribution < 1.29 is 23.8 Å². The van der Waals surface area contributed by atoms with Crippen molar-refractivity contribution in [2.24, 2.45) is 17.3 Å². The number of carbonyl (C=O) groups is 2. The first-order valence-electron chi connectivity index (χ1n) is 13.2. The Balaban J connectivity index is 1.44. The van der Waals surface area contributed by atoms with E-state index in [0.717, 1.165) is 12.8 Å². The van der Waals surface area contributed by atoms with E-state index >= 15 is 0 Å². The van der Waals surface area contributed by atoms with E-state index in [1.807, 2.05) is 60.7 Å². The summed E-state index contributed by atoms with van der Waals surface area (Å²) in [5, 5.41) is 0. The van der Waals surface area contributed by atoms with Crippen LogP contribution in [0.25, 0.3) is 0 Å². The van der Waals surface area contributed by atoms with Crippen molar-refractivity contribution in [1.82, 2.24) is 0 Å². The highest BCUT2D eigenvalue weighted by Gasteiger charge is 2.56. The molecule has 35 heavy (non-hydrogen) atoms. The zero-order chi connectivity index (χ0) is 24.3. The molecule has 2 aromatic rings. The normalized spacial score (nSPS) is 24.9. The Morgan fingerprint density at radius 3 is 1.94 bits per heavy atom. The van der Waals surface area contributed by atoms with Gasteiger partial charge in [0.25, 0.3) is 0 Å². The number of rotatable bonds is 8. The molecule has 1 spiro atoms. The number of ether oxygens (including phenoxy) is 3. The predicted octanol–water partition coefficient (Wildman–Crippen LogP) is 6.15. The molecule has 2 bridgehead atoms. The van der Waals surface area contributed by atoms with Gasteiger partial charge < -0.3 is 14.2 Å². The molecule has 5 rings (SSSR count). The van der Waals surface area contributed by atoms with E-state index in [0.29, 0.717) is 28.4 Å². The third-order valence-electron chi connectivity index (χ3n) is 8.82. The van der Waals surface area contributed by atoms with E-state index in [4.69, 9.17) is 14.2 Å². The fraction of sp³-hybridized carbons (Fsp3) is 0.533. The average molecular weight is 477 g/mol. The molecule has 2 atom stereocenters. The van der Waals surface area contributed by atoms with Crippen molar-refractivity contribution in [2.75, 3.05) is 6.79 Å². The lowest BCUT2D eigenvalue weighted by Crippen LogP contribution is -2.46. The van der Waals surface area contributed by atoms with Gasteiger partial charge in [-0.15, -0.1) is 0 Å². The highest BCUT2D eigenvalue weighted by molar-refractivity contribution is 5.86. The van der Waals surface area contributed by atoms with Gasteiger partial charge in [-0.2, -0.15) is 0 Å². The lowest BCUT2D eigenvalue weighted by Gasteiger charge is -2.44. The predicted molar refractivity (Wildman–Crippen MR) is 132 cm³/mol. The van der Waals surface area contributed by atoms with E-state index < -0.39 is 11.6 Å². The smallest absolute Gasteiger partial charge is 0.348 e. The Hall–Kier alpha value is -2.66. The van der Waals surface area contributed by atoms with Crippen LogP contribution < -0.4 is 0 Å². The van der Waals surface area contributed by atoms with Crippen molar-refractivity contribution >= 4 is 11.9 Å². The Kier molecular flexibility index (Phi) is 6.97. The van der Waals surface area contributed by atoms with Gasteiger partial charge in [0.2, 0.25) is 5.60 Å². The van der Waals surface area contributed by atoms with E-state index in [1.54, 1.807) is 6.92 Å². The van der Waals surface area contributed by atoms with E-state index in [1.165, 1.54) is 38.5 Å². The van der Waals surface area contributed by atoms with Gasteiger partial charge in [0.1, 0.15) is 6.10 Å². The second-order valence-corrected chi connectivity index (χ2v) is 10.5. The van der Waals surface area contributed by atoms with Crippen molar-refractivity contribution in [1.29, 1.82) is 0 Å². The van der Waals surface area contributed by atoms with Crippen LogP contribution in [0.15, 0.2) is 60.7 Å². The number of hydrogen-bond donors (Lipinski definition) is 0. The first kappa shape index (κ1) is 24.1. The van der Waals surface area contributed by atoms with Gasteiger partial charge in [-0.05, 0) is 66.9 Å². The second kappa shape index (κ2) is 10.1. The van der Waals surface area contributed by atoms with Crippen LogP contribution in [0.3, 0.4) is 0 Å². The van der Waals surface area contributed by atoms with Crippen molar-refractivity contribution in [3.05, 3.63) is 71.8 Å². The SMILES string of the molecule is CCC(=O)OCOC(C(=O)OC1CC2CCC(C1)C21CCCC1)(c1ccccc1)c1ccccc1. The summed E-state index contributed by atoms with van der Waals surface area (Å²) >= 11 is 0. The third kappa shape index (κ3) is 4.40. The van der Waals surface area contributed by atoms with Crippen LogP contribution in [0.1, 0.15) is 75.8 Å². The van der Waals surface area contributed by atoms with Crippen LogP contribution >= 0.6 is 0 Å². The molecule has 0 amide bonds. The van der Waals surface area contributed by atoms with E-state index in [2.05, 4.69) is 0 Å². The van der Waals surface area contributed by atoms with Gasteiger partial charge in [0.15, 0.2) is 6.79 Å². The first-order chi connectivity index (χ1) is 17.1. The second-order valence-electron chi connectivity index (χ2n) is 10.5. The summed E-state index contributed by atoms with van der Waals surface area (Å²) < 4.78 is 17.8. The van der Waals surface area contributed by atoms with Gasteiger partial charge in [-0.25, -0.2) is 4.79 Å². The maximum absolute atomic E-state index is 14.1. The molecule has 0 aromatic heterocycles. The van der Waals surface area contributed by atoms with Gasteiger partial charge >= 0.3 is 11.9 Å². The summed E-state index contributed by atoms with van der Waals surface area (Å²) in [4.78, 5) is 26.0. The van der Waals surface area contributed by atoms with Gasteiger partial charge in [-0.1, -0.05) is 80.4 Å². The molecule has 0 radical (unpaired) electrons. The topological polar surface area (TPSA) is 61.8 Å².